The molecule has 42 heavy (non-hydrogen) atoms. The predicted molar refractivity (Wildman–Crippen MR) is 93.2 cm³/mol. The predicted octanol–water partition coefficient (Wildman–Crippen LogP) is 5.33. The minimum absolute atomic E-state index is 0.369. The zero-order valence-electron chi connectivity index (χ0n) is 19.8. The average molecular weight is 660 g/mol. The van der Waals surface area contributed by atoms with Crippen LogP contribution in [0.3, 0.4) is 0 Å². The Hall–Kier alpha value is -1.42. The summed E-state index contributed by atoms with van der Waals surface area (Å²) in [5.74, 6) is -64.5. The smallest absolute Gasteiger partial charge is 0.338 e. The van der Waals surface area contributed by atoms with E-state index in [1.165, 1.54) is 0 Å². The van der Waals surface area contributed by atoms with Crippen LogP contribution in [0, 0.1) is 10.8 Å². The Kier molecular flexibility index (Phi) is 5.99. The van der Waals surface area contributed by atoms with E-state index in [1.54, 1.807) is 0 Å². The quantitative estimate of drug-likeness (QED) is 0.235. The topological polar surface area (TPSA) is 43.5 Å². The van der Waals surface area contributed by atoms with Crippen LogP contribution in [-0.4, -0.2) is 111 Å². The monoisotopic (exact) mass is 660 g/mol. The Morgan fingerprint density at radius 2 is 0.738 bits per heavy atom. The van der Waals surface area contributed by atoms with E-state index in [2.05, 4.69) is 18.9 Å². The SMILES string of the molecule is FC(F)(COCC1CO1)C12C(F)(F)C3(F)C(F)(F)C(F)(C1(F)F)C(F)(F)C(C(F)(F)COCC1CO1)(C3(F)F)C2(F)F. The summed E-state index contributed by atoms with van der Waals surface area (Å²) in [5, 5.41) is 0. The molecule has 244 valence electrons. The molecule has 2 saturated heterocycles. The third-order valence-corrected chi connectivity index (χ3v) is 8.50. The highest BCUT2D eigenvalue weighted by Crippen LogP contribution is 2.95. The van der Waals surface area contributed by atoms with Gasteiger partial charge in [0.25, 0.3) is 17.8 Å². The van der Waals surface area contributed by atoms with Gasteiger partial charge >= 0.3 is 41.0 Å². The Bertz CT molecular complexity index is 1030. The molecule has 0 N–H and O–H groups in total. The van der Waals surface area contributed by atoms with Crippen LogP contribution in [0.4, 0.5) is 79.0 Å². The first kappa shape index (κ1) is 32.0. The lowest BCUT2D eigenvalue weighted by molar-refractivity contribution is -0.648. The molecule has 2 unspecified atom stereocenters. The minimum atomic E-state index is -8.41. The van der Waals surface area contributed by atoms with Crippen LogP contribution in [0.1, 0.15) is 0 Å². The summed E-state index contributed by atoms with van der Waals surface area (Å²) in [6.45, 7) is -10.0. The molecule has 2 heterocycles. The fraction of sp³-hybridized carbons (Fsp3) is 1.00. The highest BCUT2D eigenvalue weighted by atomic mass is 19.3. The van der Waals surface area contributed by atoms with E-state index in [9.17, 15) is 8.78 Å². The second-order valence-electron chi connectivity index (χ2n) is 10.6. The van der Waals surface area contributed by atoms with E-state index >= 15 is 70.2 Å². The number of hydrogen-bond donors (Lipinski definition) is 0. The number of epoxide rings is 2. The number of rotatable bonds is 10. The number of alkyl halides is 18. The van der Waals surface area contributed by atoms with Gasteiger partial charge in [-0.25, -0.2) is 70.2 Å². The highest BCUT2D eigenvalue weighted by Gasteiger charge is 3.25. The van der Waals surface area contributed by atoms with Crippen LogP contribution in [0.5, 0.6) is 0 Å². The van der Waals surface area contributed by atoms with Crippen LogP contribution in [0.2, 0.25) is 0 Å². The third-order valence-electron chi connectivity index (χ3n) is 8.50. The fourth-order valence-corrected chi connectivity index (χ4v) is 6.48. The summed E-state index contributed by atoms with van der Waals surface area (Å²) in [6, 6.07) is 0. The third kappa shape index (κ3) is 2.61. The fourth-order valence-electron chi connectivity index (χ4n) is 6.48. The van der Waals surface area contributed by atoms with Crippen molar-refractivity contribution in [2.24, 2.45) is 10.8 Å². The minimum Gasteiger partial charge on any atom is -0.372 e. The van der Waals surface area contributed by atoms with Gasteiger partial charge in [-0.2, -0.15) is 8.78 Å². The molecule has 0 aromatic heterocycles. The second-order valence-corrected chi connectivity index (χ2v) is 10.6. The van der Waals surface area contributed by atoms with Gasteiger partial charge in [-0.1, -0.05) is 0 Å². The molecule has 0 aromatic carbocycles. The molecule has 6 aliphatic rings. The molecule has 0 spiro atoms. The van der Waals surface area contributed by atoms with Gasteiger partial charge in [0.05, 0.1) is 26.4 Å². The number of halogens is 18. The lowest BCUT2D eigenvalue weighted by atomic mass is 9.30. The molecular weight excluding hydrogens is 646 g/mol. The molecule has 4 saturated carbocycles. The largest absolute Gasteiger partial charge is 0.372 e. The zero-order valence-corrected chi connectivity index (χ0v) is 19.8. The second kappa shape index (κ2) is 7.86. The number of ether oxygens (including phenoxy) is 4. The molecule has 4 aliphatic carbocycles. The Balaban J connectivity index is 1.89. The van der Waals surface area contributed by atoms with Gasteiger partial charge < -0.3 is 18.9 Å². The molecule has 4 bridgehead atoms. The molecule has 4 nitrogen and oxygen atoms in total. The van der Waals surface area contributed by atoms with Crippen LogP contribution in [-0.2, 0) is 18.9 Å². The molecule has 0 radical (unpaired) electrons. The van der Waals surface area contributed by atoms with E-state index in [1.807, 2.05) is 0 Å². The normalized spacial score (nSPS) is 44.7. The average Bonchev–Trinajstić information content (AvgIpc) is 3.69. The lowest BCUT2D eigenvalue weighted by Gasteiger charge is -2.78. The molecule has 6 rings (SSSR count). The first-order valence-electron chi connectivity index (χ1n) is 11.4. The summed E-state index contributed by atoms with van der Waals surface area (Å²) in [6.07, 6.45) is -2.50. The van der Waals surface area contributed by atoms with Crippen molar-refractivity contribution in [2.75, 3.05) is 39.6 Å². The van der Waals surface area contributed by atoms with Gasteiger partial charge in [-0.15, -0.1) is 0 Å². The summed E-state index contributed by atoms with van der Waals surface area (Å²) in [4.78, 5) is 0. The summed E-state index contributed by atoms with van der Waals surface area (Å²) in [7, 11) is 0. The van der Waals surface area contributed by atoms with E-state index < -0.39 is 108 Å². The van der Waals surface area contributed by atoms with E-state index in [4.69, 9.17) is 0 Å². The number of hydrogen-bond acceptors (Lipinski definition) is 4. The van der Waals surface area contributed by atoms with Gasteiger partial charge in [-0.05, 0) is 0 Å². The van der Waals surface area contributed by atoms with Crippen LogP contribution in [0.25, 0.3) is 0 Å². The van der Waals surface area contributed by atoms with Crippen molar-refractivity contribution >= 4 is 0 Å². The van der Waals surface area contributed by atoms with Crippen LogP contribution in [0.15, 0.2) is 0 Å². The molecule has 22 heteroatoms. The maximum absolute atomic E-state index is 16.0. The summed E-state index contributed by atoms with van der Waals surface area (Å²) in [5.41, 5.74) is -32.7. The molecule has 2 aliphatic heterocycles. The Labute approximate surface area is 220 Å². The molecule has 6 fully saturated rings. The van der Waals surface area contributed by atoms with Crippen molar-refractivity contribution in [1.82, 2.24) is 0 Å². The lowest BCUT2D eigenvalue weighted by Crippen LogP contribution is -3.09. The maximum Gasteiger partial charge on any atom is 0.338 e. The van der Waals surface area contributed by atoms with E-state index in [0.717, 1.165) is 0 Å². The van der Waals surface area contributed by atoms with Gasteiger partial charge in [0.2, 0.25) is 10.8 Å². The first-order chi connectivity index (χ1) is 18.7. The van der Waals surface area contributed by atoms with Crippen molar-refractivity contribution in [1.29, 1.82) is 0 Å². The first-order valence-corrected chi connectivity index (χ1v) is 11.4. The van der Waals surface area contributed by atoms with Gasteiger partial charge in [0.15, 0.2) is 0 Å². The summed E-state index contributed by atoms with van der Waals surface area (Å²) < 4.78 is 294. The van der Waals surface area contributed by atoms with Gasteiger partial charge in [0.1, 0.15) is 25.4 Å². The molecule has 2 atom stereocenters. The van der Waals surface area contributed by atoms with Gasteiger partial charge in [0, 0.05) is 0 Å². The van der Waals surface area contributed by atoms with Crippen molar-refractivity contribution in [2.45, 2.75) is 70.9 Å². The van der Waals surface area contributed by atoms with Crippen molar-refractivity contribution in [3.63, 3.8) is 0 Å². The van der Waals surface area contributed by atoms with E-state index in [-0.39, 0.29) is 13.2 Å². The van der Waals surface area contributed by atoms with Crippen LogP contribution < -0.4 is 0 Å². The Morgan fingerprint density at radius 3 is 0.976 bits per heavy atom. The van der Waals surface area contributed by atoms with Crippen molar-refractivity contribution < 1.29 is 98.0 Å². The van der Waals surface area contributed by atoms with E-state index in [0.29, 0.717) is 0 Å². The van der Waals surface area contributed by atoms with Crippen molar-refractivity contribution in [3.05, 3.63) is 0 Å². The molecule has 0 amide bonds. The van der Waals surface area contributed by atoms with Crippen molar-refractivity contribution in [3.8, 4) is 0 Å². The van der Waals surface area contributed by atoms with Crippen LogP contribution >= 0.6 is 0 Å². The highest BCUT2D eigenvalue weighted by molar-refractivity contribution is 5.54. The summed E-state index contributed by atoms with van der Waals surface area (Å²) >= 11 is 0. The molecule has 0 aromatic rings. The standard InChI is InChI=1S/C20H14F18O4/c21-9(22,5-39-1-7-3-41-7)11-15(27,28)12(10(23,24)6-40-2-8-4-42-8)18(33,34)13(25,16(11,29)30)20(37,38)14(26,17(11,31)32)19(12,35)36/h7-8H,1-6H2. The van der Waals surface area contributed by atoms with Gasteiger partial charge in [-0.3, -0.25) is 0 Å². The maximum atomic E-state index is 16.0. The zero-order chi connectivity index (χ0) is 32.2. The Morgan fingerprint density at radius 1 is 0.476 bits per heavy atom. The molecular formula is C20H14F18O4.